The van der Waals surface area contributed by atoms with Gasteiger partial charge in [-0.25, -0.2) is 9.59 Å². The summed E-state index contributed by atoms with van der Waals surface area (Å²) in [5, 5.41) is 10.9. The van der Waals surface area contributed by atoms with Crippen molar-refractivity contribution in [3.63, 3.8) is 0 Å². The van der Waals surface area contributed by atoms with Gasteiger partial charge in [0.15, 0.2) is 0 Å². The van der Waals surface area contributed by atoms with E-state index >= 15 is 0 Å². The lowest BCUT2D eigenvalue weighted by molar-refractivity contribution is 0.170. The summed E-state index contributed by atoms with van der Waals surface area (Å²) >= 11 is 0. The van der Waals surface area contributed by atoms with Gasteiger partial charge in [0.05, 0.1) is 30.6 Å². The summed E-state index contributed by atoms with van der Waals surface area (Å²) in [5.74, 6) is 0. The second-order valence-electron chi connectivity index (χ2n) is 9.52. The standard InChI is InChI=1S/C26H29N5O3/c1-34-26(33)31-24-10-4-8-21(20(24)15-27-31)28-25(32)29-22-14-13-19-18(22)7-3-9-23(19)30-16-5-2-6-17(30)12-11-16/h3-4,7-10,15-17,22H,2,5-6,11-14H2,1H3,(H2,28,29,32). The number of anilines is 2. The molecular weight excluding hydrogens is 430 g/mol. The smallest absolute Gasteiger partial charge is 0.434 e. The zero-order chi connectivity index (χ0) is 23.2. The minimum atomic E-state index is -0.572. The Bertz CT molecular complexity index is 1250. The first-order valence-corrected chi connectivity index (χ1v) is 12.2. The molecule has 176 valence electrons. The lowest BCUT2D eigenvalue weighted by Gasteiger charge is -2.38. The molecule has 2 N–H and O–H groups in total. The number of piperidine rings is 1. The van der Waals surface area contributed by atoms with Crippen LogP contribution in [0.15, 0.2) is 42.6 Å². The summed E-state index contributed by atoms with van der Waals surface area (Å²) in [6.07, 6.45) is 9.40. The van der Waals surface area contributed by atoms with Crippen LogP contribution < -0.4 is 15.5 Å². The maximum Gasteiger partial charge on any atom is 0.434 e. The van der Waals surface area contributed by atoms with Gasteiger partial charge >= 0.3 is 12.1 Å². The van der Waals surface area contributed by atoms with Crippen molar-refractivity contribution in [1.29, 1.82) is 0 Å². The van der Waals surface area contributed by atoms with Crippen LogP contribution >= 0.6 is 0 Å². The van der Waals surface area contributed by atoms with Crippen LogP contribution in [0.3, 0.4) is 0 Å². The highest BCUT2D eigenvalue weighted by molar-refractivity contribution is 6.02. The summed E-state index contributed by atoms with van der Waals surface area (Å²) < 4.78 is 5.96. The van der Waals surface area contributed by atoms with Crippen molar-refractivity contribution in [2.75, 3.05) is 17.3 Å². The fraction of sp³-hybridized carbons (Fsp3) is 0.423. The Morgan fingerprint density at radius 1 is 1.03 bits per heavy atom. The summed E-state index contributed by atoms with van der Waals surface area (Å²) in [4.78, 5) is 27.6. The summed E-state index contributed by atoms with van der Waals surface area (Å²) in [6.45, 7) is 0. The van der Waals surface area contributed by atoms with E-state index in [0.717, 1.165) is 12.8 Å². The van der Waals surface area contributed by atoms with Gasteiger partial charge in [-0.15, -0.1) is 0 Å². The van der Waals surface area contributed by atoms with Crippen LogP contribution in [0.5, 0.6) is 0 Å². The monoisotopic (exact) mass is 459 g/mol. The van der Waals surface area contributed by atoms with Gasteiger partial charge in [-0.3, -0.25) is 0 Å². The number of urea groups is 1. The van der Waals surface area contributed by atoms with Crippen molar-refractivity contribution < 1.29 is 14.3 Å². The van der Waals surface area contributed by atoms with E-state index in [9.17, 15) is 9.59 Å². The third-order valence-electron chi connectivity index (χ3n) is 7.73. The SMILES string of the molecule is COC(=O)n1ncc2c(NC(=O)NC3CCc4c3cccc4N3C4CCCC3CC4)cccc21. The Labute approximate surface area is 198 Å². The highest BCUT2D eigenvalue weighted by Gasteiger charge is 2.39. The Kier molecular flexibility index (Phi) is 5.16. The maximum absolute atomic E-state index is 13.0. The van der Waals surface area contributed by atoms with Crippen LogP contribution in [0.2, 0.25) is 0 Å². The molecule has 8 heteroatoms. The Morgan fingerprint density at radius 2 is 1.82 bits per heavy atom. The van der Waals surface area contributed by atoms with Crippen LogP contribution in [0.25, 0.3) is 10.9 Å². The largest absolute Gasteiger partial charge is 0.451 e. The van der Waals surface area contributed by atoms with Crippen molar-refractivity contribution in [1.82, 2.24) is 15.1 Å². The summed E-state index contributed by atoms with van der Waals surface area (Å²) in [6, 6.07) is 13.0. The van der Waals surface area contributed by atoms with Gasteiger partial charge in [-0.2, -0.15) is 9.78 Å². The average molecular weight is 460 g/mol. The van der Waals surface area contributed by atoms with Gasteiger partial charge in [-0.1, -0.05) is 18.2 Å². The van der Waals surface area contributed by atoms with E-state index in [0.29, 0.717) is 28.7 Å². The molecule has 6 rings (SSSR count). The normalized spacial score (nSPS) is 23.1. The van der Waals surface area contributed by atoms with Crippen molar-refractivity contribution in [3.05, 3.63) is 53.7 Å². The van der Waals surface area contributed by atoms with Crippen molar-refractivity contribution in [2.24, 2.45) is 0 Å². The molecule has 3 atom stereocenters. The Morgan fingerprint density at radius 3 is 2.62 bits per heavy atom. The first-order chi connectivity index (χ1) is 16.6. The van der Waals surface area contributed by atoms with E-state index in [2.05, 4.69) is 38.8 Å². The number of benzene rings is 2. The molecule has 2 amide bonds. The van der Waals surface area contributed by atoms with Gasteiger partial charge in [-0.05, 0) is 74.3 Å². The van der Waals surface area contributed by atoms with Gasteiger partial charge in [0.25, 0.3) is 0 Å². The molecule has 1 aromatic heterocycles. The quantitative estimate of drug-likeness (QED) is 0.577. The number of aromatic nitrogens is 2. The molecule has 3 aliphatic rings. The molecule has 2 bridgehead atoms. The number of fused-ring (bicyclic) bond motifs is 4. The second-order valence-corrected chi connectivity index (χ2v) is 9.52. The average Bonchev–Trinajstić information content (AvgIpc) is 3.53. The molecule has 2 saturated heterocycles. The first kappa shape index (κ1) is 21.0. The summed E-state index contributed by atoms with van der Waals surface area (Å²) in [7, 11) is 1.31. The van der Waals surface area contributed by atoms with E-state index in [1.54, 1.807) is 24.4 Å². The molecule has 0 saturated carbocycles. The lowest BCUT2D eigenvalue weighted by Crippen LogP contribution is -2.40. The third kappa shape index (κ3) is 3.40. The number of hydrogen-bond donors (Lipinski definition) is 2. The number of carbonyl (C=O) groups excluding carboxylic acids is 2. The molecule has 2 aliphatic heterocycles. The minimum absolute atomic E-state index is 0.0191. The highest BCUT2D eigenvalue weighted by Crippen LogP contribution is 2.44. The van der Waals surface area contributed by atoms with Crippen LogP contribution in [0.4, 0.5) is 21.0 Å². The van der Waals surface area contributed by atoms with Crippen LogP contribution in [0, 0.1) is 0 Å². The van der Waals surface area contributed by atoms with Gasteiger partial charge in [0.2, 0.25) is 0 Å². The molecule has 0 radical (unpaired) electrons. The number of nitrogens with one attached hydrogen (secondary N) is 2. The van der Waals surface area contributed by atoms with Crippen LogP contribution in [-0.2, 0) is 11.2 Å². The molecule has 8 nitrogen and oxygen atoms in total. The van der Waals surface area contributed by atoms with Crippen LogP contribution in [-0.4, -0.2) is 41.1 Å². The number of methoxy groups -OCH3 is 1. The van der Waals surface area contributed by atoms with Crippen LogP contribution in [0.1, 0.15) is 55.7 Å². The zero-order valence-corrected chi connectivity index (χ0v) is 19.3. The van der Waals surface area contributed by atoms with Gasteiger partial charge in [0, 0.05) is 23.2 Å². The topological polar surface area (TPSA) is 88.5 Å². The second kappa shape index (κ2) is 8.34. The van der Waals surface area contributed by atoms with E-state index < -0.39 is 6.09 Å². The lowest BCUT2D eigenvalue weighted by atomic mass is 9.98. The third-order valence-corrected chi connectivity index (χ3v) is 7.73. The van der Waals surface area contributed by atoms with Gasteiger partial charge < -0.3 is 20.3 Å². The highest BCUT2D eigenvalue weighted by atomic mass is 16.5. The summed E-state index contributed by atoms with van der Waals surface area (Å²) in [5.41, 5.74) is 5.19. The molecule has 0 spiro atoms. The minimum Gasteiger partial charge on any atom is -0.451 e. The van der Waals surface area contributed by atoms with E-state index in [4.69, 9.17) is 4.74 Å². The Hall–Kier alpha value is -3.55. The Balaban J connectivity index is 1.21. The van der Waals surface area contributed by atoms with Crippen molar-refractivity contribution in [3.8, 4) is 0 Å². The molecule has 3 unspecified atom stereocenters. The molecular formula is C26H29N5O3. The number of hydrogen-bond acceptors (Lipinski definition) is 5. The van der Waals surface area contributed by atoms with E-state index in [1.165, 1.54) is 60.7 Å². The van der Waals surface area contributed by atoms with Crippen molar-refractivity contribution >= 4 is 34.4 Å². The molecule has 1 aliphatic carbocycles. The number of amides is 2. The van der Waals surface area contributed by atoms with Crippen molar-refractivity contribution in [2.45, 2.75) is 63.1 Å². The number of ether oxygens (including phenoxy) is 1. The maximum atomic E-state index is 13.0. The fourth-order valence-electron chi connectivity index (χ4n) is 6.25. The van der Waals surface area contributed by atoms with E-state index in [1.807, 2.05) is 0 Å². The predicted octanol–water partition coefficient (Wildman–Crippen LogP) is 4.98. The molecule has 3 heterocycles. The fourth-order valence-corrected chi connectivity index (χ4v) is 6.25. The van der Waals surface area contributed by atoms with E-state index in [-0.39, 0.29) is 12.1 Å². The number of nitrogens with zero attached hydrogens (tertiary/aromatic N) is 3. The van der Waals surface area contributed by atoms with Gasteiger partial charge in [0.1, 0.15) is 0 Å². The molecule has 2 aromatic carbocycles. The predicted molar refractivity (Wildman–Crippen MR) is 130 cm³/mol. The molecule has 34 heavy (non-hydrogen) atoms. The zero-order valence-electron chi connectivity index (χ0n) is 19.3. The number of rotatable bonds is 3. The molecule has 2 fully saturated rings. The molecule has 3 aromatic rings. The first-order valence-electron chi connectivity index (χ1n) is 12.2. The number of carbonyl (C=O) groups is 2.